The van der Waals surface area contributed by atoms with Gasteiger partial charge in [0.2, 0.25) is 11.9 Å². The highest BCUT2D eigenvalue weighted by molar-refractivity contribution is 7.82. The van der Waals surface area contributed by atoms with Crippen LogP contribution in [0.3, 0.4) is 0 Å². The van der Waals surface area contributed by atoms with Crippen LogP contribution < -0.4 is 14.5 Å². The van der Waals surface area contributed by atoms with Gasteiger partial charge >= 0.3 is 6.18 Å². The van der Waals surface area contributed by atoms with E-state index in [0.717, 1.165) is 12.5 Å². The Kier molecular flexibility index (Phi) is 4.52. The summed E-state index contributed by atoms with van der Waals surface area (Å²) in [7, 11) is -1.38. The van der Waals surface area contributed by atoms with Crippen LogP contribution in [0.2, 0.25) is 0 Å². The van der Waals surface area contributed by atoms with Crippen LogP contribution in [0.1, 0.15) is 18.5 Å². The summed E-state index contributed by atoms with van der Waals surface area (Å²) in [5.41, 5.74) is -0.920. The normalized spacial score (nSPS) is 27.8. The van der Waals surface area contributed by atoms with Gasteiger partial charge in [-0.2, -0.15) is 18.2 Å². The summed E-state index contributed by atoms with van der Waals surface area (Å²) in [4.78, 5) is 23.4. The first-order chi connectivity index (χ1) is 12.7. The number of hydrogen-bond donors (Lipinski definition) is 1. The zero-order valence-corrected chi connectivity index (χ0v) is 15.5. The molecule has 2 saturated heterocycles. The second-order valence-electron chi connectivity index (χ2n) is 7.33. The molecule has 0 radical (unpaired) electrons. The van der Waals surface area contributed by atoms with Crippen molar-refractivity contribution in [2.45, 2.75) is 19.0 Å². The van der Waals surface area contributed by atoms with Crippen LogP contribution in [0.25, 0.3) is 0 Å². The Morgan fingerprint density at radius 2 is 1.93 bits per heavy atom. The molecule has 0 spiro atoms. The number of alkyl halides is 3. The average Bonchev–Trinajstić information content (AvgIpc) is 2.96. The average molecular weight is 403 g/mol. The highest BCUT2D eigenvalue weighted by Crippen LogP contribution is 2.54. The van der Waals surface area contributed by atoms with Gasteiger partial charge in [0.05, 0.1) is 0 Å². The number of hydrogen-bond acceptors (Lipinski definition) is 6. The van der Waals surface area contributed by atoms with Crippen molar-refractivity contribution in [2.75, 3.05) is 42.2 Å². The van der Waals surface area contributed by atoms with Gasteiger partial charge in [-0.15, -0.1) is 0 Å². The molecule has 1 aromatic rings. The van der Waals surface area contributed by atoms with E-state index in [0.29, 0.717) is 38.4 Å². The molecule has 11 heteroatoms. The molecule has 1 amide bonds. The standard InChI is InChI=1S/C16H20F3N5O2S/c1-27(26)22-14(25)5-9-10-7-24(8-11(9)10)13-6-12(16(17,18)19)20-15(21-13)23-3-2-4-23/h6,9-11H,2-5,7-8H2,1H3,(H,22,25). The molecule has 1 saturated carbocycles. The number of nitrogens with one attached hydrogen (secondary N) is 1. The smallest absolute Gasteiger partial charge is 0.356 e. The van der Waals surface area contributed by atoms with Crippen molar-refractivity contribution in [1.29, 1.82) is 0 Å². The van der Waals surface area contributed by atoms with Gasteiger partial charge in [0.25, 0.3) is 0 Å². The molecule has 3 unspecified atom stereocenters. The molecule has 4 rings (SSSR count). The molecule has 0 bridgehead atoms. The highest BCUT2D eigenvalue weighted by Gasteiger charge is 2.56. The number of nitrogens with zero attached hydrogens (tertiary/aromatic N) is 4. The molecule has 2 aliphatic heterocycles. The zero-order chi connectivity index (χ0) is 19.3. The van der Waals surface area contributed by atoms with Crippen LogP contribution in [0.15, 0.2) is 6.07 Å². The quantitative estimate of drug-likeness (QED) is 0.796. The Balaban J connectivity index is 1.45. The van der Waals surface area contributed by atoms with Gasteiger partial charge in [0.15, 0.2) is 5.69 Å². The fourth-order valence-electron chi connectivity index (χ4n) is 3.94. The number of piperidine rings is 1. The molecule has 3 aliphatic rings. The van der Waals surface area contributed by atoms with E-state index in [2.05, 4.69) is 14.7 Å². The lowest BCUT2D eigenvalue weighted by atomic mass is 10.2. The van der Waals surface area contributed by atoms with Crippen LogP contribution >= 0.6 is 0 Å². The molecular formula is C16H20F3N5O2S. The number of amides is 1. The van der Waals surface area contributed by atoms with Crippen LogP contribution in [0.5, 0.6) is 0 Å². The molecule has 0 aromatic carbocycles. The SMILES string of the molecule is CS(=O)NC(=O)CC1C2CN(c3cc(C(F)(F)F)nc(N4CCC4)n3)CC12. The number of halogens is 3. The monoisotopic (exact) mass is 403 g/mol. The summed E-state index contributed by atoms with van der Waals surface area (Å²) >= 11 is 0. The Hall–Kier alpha value is -1.91. The maximum Gasteiger partial charge on any atom is 0.433 e. The van der Waals surface area contributed by atoms with E-state index in [9.17, 15) is 22.2 Å². The van der Waals surface area contributed by atoms with Crippen LogP contribution in [0, 0.1) is 17.8 Å². The third kappa shape index (κ3) is 3.74. The van der Waals surface area contributed by atoms with E-state index in [1.54, 1.807) is 4.90 Å². The molecule has 1 aliphatic carbocycles. The van der Waals surface area contributed by atoms with E-state index in [4.69, 9.17) is 0 Å². The van der Waals surface area contributed by atoms with E-state index in [-0.39, 0.29) is 29.6 Å². The molecule has 1 aromatic heterocycles. The third-order valence-electron chi connectivity index (χ3n) is 5.50. The summed E-state index contributed by atoms with van der Waals surface area (Å²) in [5.74, 6) is 0.903. The second kappa shape index (κ2) is 6.61. The molecule has 27 heavy (non-hydrogen) atoms. The number of aromatic nitrogens is 2. The Morgan fingerprint density at radius 3 is 2.44 bits per heavy atom. The maximum absolute atomic E-state index is 13.2. The van der Waals surface area contributed by atoms with Gasteiger partial charge in [0.1, 0.15) is 16.8 Å². The van der Waals surface area contributed by atoms with E-state index < -0.39 is 22.9 Å². The summed E-state index contributed by atoms with van der Waals surface area (Å²) in [6.45, 7) is 2.49. The van der Waals surface area contributed by atoms with Gasteiger partial charge in [-0.05, 0) is 24.2 Å². The molecule has 7 nitrogen and oxygen atoms in total. The first-order valence-electron chi connectivity index (χ1n) is 8.81. The van der Waals surface area contributed by atoms with Gasteiger partial charge in [-0.25, -0.2) is 9.19 Å². The van der Waals surface area contributed by atoms with E-state index >= 15 is 0 Å². The number of fused-ring (bicyclic) bond motifs is 1. The van der Waals surface area contributed by atoms with Gasteiger partial charge in [0, 0.05) is 44.9 Å². The van der Waals surface area contributed by atoms with E-state index in [1.165, 1.54) is 6.26 Å². The molecule has 3 heterocycles. The lowest BCUT2D eigenvalue weighted by Gasteiger charge is -2.32. The summed E-state index contributed by atoms with van der Waals surface area (Å²) in [5, 5.41) is 0. The molecule has 1 N–H and O–H groups in total. The first-order valence-corrected chi connectivity index (χ1v) is 10.4. The number of anilines is 2. The summed E-state index contributed by atoms with van der Waals surface area (Å²) < 4.78 is 53.1. The topological polar surface area (TPSA) is 78.4 Å². The minimum atomic E-state index is -4.52. The first kappa shape index (κ1) is 18.5. The van der Waals surface area contributed by atoms with Crippen molar-refractivity contribution in [3.63, 3.8) is 0 Å². The predicted octanol–water partition coefficient (Wildman–Crippen LogP) is 1.19. The fourth-order valence-corrected chi connectivity index (χ4v) is 4.35. The minimum Gasteiger partial charge on any atom is -0.356 e. The van der Waals surface area contributed by atoms with Crippen molar-refractivity contribution in [3.8, 4) is 0 Å². The zero-order valence-electron chi connectivity index (χ0n) is 14.7. The lowest BCUT2D eigenvalue weighted by molar-refractivity contribution is -0.141. The lowest BCUT2D eigenvalue weighted by Crippen LogP contribution is -2.39. The van der Waals surface area contributed by atoms with Crippen LogP contribution in [-0.2, 0) is 22.0 Å². The van der Waals surface area contributed by atoms with Gasteiger partial charge in [-0.1, -0.05) is 0 Å². The van der Waals surface area contributed by atoms with Gasteiger partial charge < -0.3 is 9.80 Å². The Bertz CT molecular complexity index is 774. The van der Waals surface area contributed by atoms with Crippen molar-refractivity contribution in [3.05, 3.63) is 11.8 Å². The maximum atomic E-state index is 13.2. The van der Waals surface area contributed by atoms with Crippen molar-refractivity contribution in [2.24, 2.45) is 17.8 Å². The predicted molar refractivity (Wildman–Crippen MR) is 93.4 cm³/mol. The third-order valence-corrected chi connectivity index (χ3v) is 6.02. The second-order valence-corrected chi connectivity index (χ2v) is 8.44. The van der Waals surface area contributed by atoms with Crippen LogP contribution in [-0.4, -0.2) is 52.5 Å². The molecule has 3 atom stereocenters. The number of rotatable bonds is 5. The highest BCUT2D eigenvalue weighted by atomic mass is 32.2. The van der Waals surface area contributed by atoms with Crippen LogP contribution in [0.4, 0.5) is 24.9 Å². The number of carbonyl (C=O) groups excluding carboxylic acids is 1. The Morgan fingerprint density at radius 1 is 1.26 bits per heavy atom. The van der Waals surface area contributed by atoms with Crippen molar-refractivity contribution < 1.29 is 22.2 Å². The fraction of sp³-hybridized carbons (Fsp3) is 0.688. The van der Waals surface area contributed by atoms with Gasteiger partial charge in [-0.3, -0.25) is 9.52 Å². The number of carbonyl (C=O) groups is 1. The molecule has 148 valence electrons. The van der Waals surface area contributed by atoms with E-state index in [1.807, 2.05) is 4.90 Å². The minimum absolute atomic E-state index is 0.132. The summed E-state index contributed by atoms with van der Waals surface area (Å²) in [6, 6.07) is 1.01. The Labute approximate surface area is 156 Å². The largest absolute Gasteiger partial charge is 0.433 e. The van der Waals surface area contributed by atoms with Crippen molar-refractivity contribution in [1.82, 2.24) is 14.7 Å². The molecule has 3 fully saturated rings. The van der Waals surface area contributed by atoms with Crippen molar-refractivity contribution >= 4 is 28.7 Å². The summed E-state index contributed by atoms with van der Waals surface area (Å²) in [6.07, 6.45) is -1.89. The molecular weight excluding hydrogens is 383 g/mol.